The van der Waals surface area contributed by atoms with Crippen molar-refractivity contribution in [2.24, 2.45) is 0 Å². The molecule has 0 bridgehead atoms. The number of ketones is 1. The number of nitrogens with one attached hydrogen (secondary N) is 1. The molecule has 1 heterocycles. The molecule has 0 fully saturated rings. The van der Waals surface area contributed by atoms with Crippen molar-refractivity contribution in [3.63, 3.8) is 0 Å². The summed E-state index contributed by atoms with van der Waals surface area (Å²) in [6.07, 6.45) is 0. The third-order valence-electron chi connectivity index (χ3n) is 3.72. The minimum atomic E-state index is -0.440. The summed E-state index contributed by atoms with van der Waals surface area (Å²) in [6.45, 7) is 3.26. The Balaban J connectivity index is 1.63. The number of nitrogens with zero attached hydrogens (tertiary/aromatic N) is 2. The van der Waals surface area contributed by atoms with Crippen molar-refractivity contribution in [2.45, 2.75) is 24.3 Å². The molecule has 1 aromatic heterocycles. The topological polar surface area (TPSA) is 85.1 Å². The van der Waals surface area contributed by atoms with Gasteiger partial charge < -0.3 is 9.73 Å². The summed E-state index contributed by atoms with van der Waals surface area (Å²) in [7, 11) is 0. The molecule has 0 aliphatic rings. The van der Waals surface area contributed by atoms with Gasteiger partial charge in [0, 0.05) is 15.7 Å². The maximum atomic E-state index is 12.4. The number of halogens is 1. The number of rotatable bonds is 6. The molecule has 1 amide bonds. The van der Waals surface area contributed by atoms with Crippen molar-refractivity contribution in [1.82, 2.24) is 10.2 Å². The number of hydrogen-bond donors (Lipinski definition) is 1. The number of carbonyl (C=O) groups is 2. The zero-order valence-corrected chi connectivity index (χ0v) is 17.0. The highest BCUT2D eigenvalue weighted by atomic mass is 79.9. The van der Waals surface area contributed by atoms with Crippen LogP contribution >= 0.6 is 27.7 Å². The summed E-state index contributed by atoms with van der Waals surface area (Å²) in [5.41, 5.74) is 2.01. The summed E-state index contributed by atoms with van der Waals surface area (Å²) < 4.78 is 6.51. The molecule has 0 saturated carbocycles. The fraction of sp³-hybridized carbons (Fsp3) is 0.158. The summed E-state index contributed by atoms with van der Waals surface area (Å²) >= 11 is 4.63. The normalized spacial score (nSPS) is 11.8. The van der Waals surface area contributed by atoms with Crippen molar-refractivity contribution in [1.29, 1.82) is 0 Å². The van der Waals surface area contributed by atoms with Crippen molar-refractivity contribution in [3.05, 3.63) is 58.6 Å². The van der Waals surface area contributed by atoms with Gasteiger partial charge in [0.15, 0.2) is 5.78 Å². The maximum absolute atomic E-state index is 12.4. The van der Waals surface area contributed by atoms with Gasteiger partial charge in [0.05, 0.1) is 10.8 Å². The van der Waals surface area contributed by atoms with E-state index < -0.39 is 5.25 Å². The number of anilines is 1. The molecule has 8 heteroatoms. The van der Waals surface area contributed by atoms with Crippen LogP contribution in [0.2, 0.25) is 0 Å². The van der Waals surface area contributed by atoms with E-state index >= 15 is 0 Å². The standard InChI is InChI=1S/C19H16BrN3O3S/c1-11(24)13-7-9-14(10-8-13)21-17(25)12(2)27-19-23-22-18(26-19)15-5-3-4-6-16(15)20/h3-10,12H,1-2H3,(H,21,25)/t12-/m0/s1. The van der Waals surface area contributed by atoms with Gasteiger partial charge >= 0.3 is 0 Å². The molecule has 6 nitrogen and oxygen atoms in total. The minimum Gasteiger partial charge on any atom is -0.411 e. The van der Waals surface area contributed by atoms with Gasteiger partial charge in [-0.05, 0) is 66.2 Å². The number of hydrogen-bond acceptors (Lipinski definition) is 6. The molecular formula is C19H16BrN3O3S. The molecule has 3 rings (SSSR count). The first-order valence-electron chi connectivity index (χ1n) is 8.11. The fourth-order valence-corrected chi connectivity index (χ4v) is 3.38. The minimum absolute atomic E-state index is 0.0194. The Morgan fingerprint density at radius 3 is 2.48 bits per heavy atom. The monoisotopic (exact) mass is 445 g/mol. The lowest BCUT2D eigenvalue weighted by Crippen LogP contribution is -2.22. The second-order valence-corrected chi connectivity index (χ2v) is 7.88. The van der Waals surface area contributed by atoms with Crippen LogP contribution in [-0.2, 0) is 4.79 Å². The molecule has 0 saturated heterocycles. The van der Waals surface area contributed by atoms with Gasteiger partial charge in [0.25, 0.3) is 5.22 Å². The fourth-order valence-electron chi connectivity index (χ4n) is 2.24. The van der Waals surface area contributed by atoms with Crippen LogP contribution in [-0.4, -0.2) is 27.1 Å². The van der Waals surface area contributed by atoms with Crippen molar-refractivity contribution in [3.8, 4) is 11.5 Å². The first kappa shape index (κ1) is 19.3. The summed E-state index contributed by atoms with van der Waals surface area (Å²) in [5.74, 6) is 0.169. The van der Waals surface area contributed by atoms with Gasteiger partial charge in [-0.3, -0.25) is 9.59 Å². The van der Waals surface area contributed by atoms with E-state index in [1.165, 1.54) is 18.7 Å². The highest BCUT2D eigenvalue weighted by molar-refractivity contribution is 9.10. The summed E-state index contributed by atoms with van der Waals surface area (Å²) in [5, 5.41) is 10.7. The Kier molecular flexibility index (Phi) is 6.08. The van der Waals surface area contributed by atoms with Gasteiger partial charge in [0.1, 0.15) is 0 Å². The number of amides is 1. The quantitative estimate of drug-likeness (QED) is 0.432. The van der Waals surface area contributed by atoms with Crippen LogP contribution in [0.1, 0.15) is 24.2 Å². The van der Waals surface area contributed by atoms with Crippen LogP contribution in [0.25, 0.3) is 11.5 Å². The van der Waals surface area contributed by atoms with E-state index in [1.807, 2.05) is 24.3 Å². The number of Topliss-reactive ketones (excluding diaryl/α,β-unsaturated/α-hetero) is 1. The largest absolute Gasteiger partial charge is 0.411 e. The molecule has 2 aromatic carbocycles. The predicted molar refractivity (Wildman–Crippen MR) is 108 cm³/mol. The molecular weight excluding hydrogens is 430 g/mol. The van der Waals surface area contributed by atoms with Crippen LogP contribution < -0.4 is 5.32 Å². The molecule has 0 unspecified atom stereocenters. The van der Waals surface area contributed by atoms with Gasteiger partial charge in [0.2, 0.25) is 11.8 Å². The van der Waals surface area contributed by atoms with Crippen LogP contribution in [0, 0.1) is 0 Å². The number of benzene rings is 2. The molecule has 3 aromatic rings. The van der Waals surface area contributed by atoms with E-state index in [4.69, 9.17) is 4.42 Å². The number of thioether (sulfide) groups is 1. The third-order valence-corrected chi connectivity index (χ3v) is 5.34. The van der Waals surface area contributed by atoms with Gasteiger partial charge in [-0.2, -0.15) is 0 Å². The van der Waals surface area contributed by atoms with Crippen LogP contribution in [0.3, 0.4) is 0 Å². The van der Waals surface area contributed by atoms with E-state index in [2.05, 4.69) is 31.4 Å². The van der Waals surface area contributed by atoms with Crippen molar-refractivity contribution >= 4 is 45.1 Å². The first-order valence-corrected chi connectivity index (χ1v) is 9.78. The lowest BCUT2D eigenvalue weighted by atomic mass is 10.1. The maximum Gasteiger partial charge on any atom is 0.277 e. The molecule has 1 atom stereocenters. The smallest absolute Gasteiger partial charge is 0.277 e. The highest BCUT2D eigenvalue weighted by Crippen LogP contribution is 2.30. The van der Waals surface area contributed by atoms with E-state index in [-0.39, 0.29) is 11.7 Å². The zero-order valence-electron chi connectivity index (χ0n) is 14.6. The van der Waals surface area contributed by atoms with Crippen LogP contribution in [0.4, 0.5) is 5.69 Å². The number of carbonyl (C=O) groups excluding carboxylic acids is 2. The predicted octanol–water partition coefficient (Wildman–Crippen LogP) is 4.82. The van der Waals surface area contributed by atoms with Crippen molar-refractivity contribution < 1.29 is 14.0 Å². The van der Waals surface area contributed by atoms with Crippen LogP contribution in [0.5, 0.6) is 0 Å². The second-order valence-electron chi connectivity index (χ2n) is 5.74. The Hall–Kier alpha value is -2.45. The lowest BCUT2D eigenvalue weighted by molar-refractivity contribution is -0.115. The van der Waals surface area contributed by atoms with E-state index in [9.17, 15) is 9.59 Å². The average Bonchev–Trinajstić information content (AvgIpc) is 3.10. The molecule has 0 radical (unpaired) electrons. The zero-order chi connectivity index (χ0) is 19.4. The molecule has 0 aliphatic carbocycles. The van der Waals surface area contributed by atoms with Crippen molar-refractivity contribution in [2.75, 3.05) is 5.32 Å². The van der Waals surface area contributed by atoms with Gasteiger partial charge in [-0.1, -0.05) is 23.9 Å². The van der Waals surface area contributed by atoms with E-state index in [0.717, 1.165) is 10.0 Å². The summed E-state index contributed by atoms with van der Waals surface area (Å²) in [4.78, 5) is 23.7. The van der Waals surface area contributed by atoms with Crippen LogP contribution in [0.15, 0.2) is 62.6 Å². The van der Waals surface area contributed by atoms with Gasteiger partial charge in [-0.15, -0.1) is 10.2 Å². The molecule has 0 aliphatic heterocycles. The molecule has 27 heavy (non-hydrogen) atoms. The SMILES string of the molecule is CC(=O)c1ccc(NC(=O)[C@H](C)Sc2nnc(-c3ccccc3Br)o2)cc1. The van der Waals surface area contributed by atoms with E-state index in [1.54, 1.807) is 31.2 Å². The Labute approximate surface area is 168 Å². The molecule has 1 N–H and O–H groups in total. The summed E-state index contributed by atoms with van der Waals surface area (Å²) in [6, 6.07) is 14.3. The number of aromatic nitrogens is 2. The molecule has 138 valence electrons. The highest BCUT2D eigenvalue weighted by Gasteiger charge is 2.19. The molecule has 0 spiro atoms. The second kappa shape index (κ2) is 8.49. The Morgan fingerprint density at radius 1 is 1.11 bits per heavy atom. The average molecular weight is 446 g/mol. The van der Waals surface area contributed by atoms with Gasteiger partial charge in [-0.25, -0.2) is 0 Å². The Morgan fingerprint density at radius 2 is 1.81 bits per heavy atom. The van der Waals surface area contributed by atoms with E-state index in [0.29, 0.717) is 22.4 Å². The lowest BCUT2D eigenvalue weighted by Gasteiger charge is -2.10. The first-order chi connectivity index (χ1) is 12.9. The Bertz CT molecular complexity index is 972. The third kappa shape index (κ3) is 4.84.